The maximum absolute atomic E-state index is 13.0. The van der Waals surface area contributed by atoms with E-state index in [9.17, 15) is 14.4 Å². The summed E-state index contributed by atoms with van der Waals surface area (Å²) in [5.41, 5.74) is 2.95. The number of carbonyl (C=O) groups excluding carboxylic acids is 3. The molecule has 1 aromatic heterocycles. The van der Waals surface area contributed by atoms with Gasteiger partial charge in [-0.05, 0) is 38.2 Å². The lowest BCUT2D eigenvalue weighted by Gasteiger charge is -2.36. The van der Waals surface area contributed by atoms with E-state index < -0.39 is 0 Å². The number of ketones is 1. The first-order valence-corrected chi connectivity index (χ1v) is 10.6. The number of aryl methyl sites for hydroxylation is 1. The van der Waals surface area contributed by atoms with Crippen LogP contribution in [0.1, 0.15) is 77.0 Å². The van der Waals surface area contributed by atoms with Crippen LogP contribution >= 0.6 is 0 Å². The number of piperazine rings is 1. The summed E-state index contributed by atoms with van der Waals surface area (Å²) in [5.74, 6) is 0.0743. The van der Waals surface area contributed by atoms with Crippen LogP contribution in [0.5, 0.6) is 0 Å². The molecule has 0 aromatic carbocycles. The van der Waals surface area contributed by atoms with Crippen molar-refractivity contribution >= 4 is 17.7 Å². The molecule has 1 saturated heterocycles. The molecule has 3 aliphatic rings. The molecule has 7 heteroatoms. The van der Waals surface area contributed by atoms with Crippen LogP contribution in [-0.4, -0.2) is 64.7 Å². The number of hydrogen-bond acceptors (Lipinski definition) is 3. The fourth-order valence-corrected chi connectivity index (χ4v) is 4.77. The zero-order valence-corrected chi connectivity index (χ0v) is 16.7. The highest BCUT2D eigenvalue weighted by Gasteiger charge is 2.31. The molecule has 2 heterocycles. The maximum atomic E-state index is 13.0. The van der Waals surface area contributed by atoms with Crippen LogP contribution in [0.25, 0.3) is 0 Å². The normalized spacial score (nSPS) is 20.8. The molecule has 0 radical (unpaired) electrons. The standard InChI is InChI=1S/C21H30N4O3/c1-14-18-16(8-5-9-17(18)26)23-19(14)20(27)24-10-12-25(13-11-24)21(28)22-15-6-3-2-4-7-15/h15,23H,2-13H2,1H3,(H,22,28). The average molecular weight is 386 g/mol. The Labute approximate surface area is 165 Å². The summed E-state index contributed by atoms with van der Waals surface area (Å²) in [6.07, 6.45) is 8.01. The molecule has 1 aliphatic heterocycles. The zero-order valence-electron chi connectivity index (χ0n) is 16.7. The molecule has 7 nitrogen and oxygen atoms in total. The molecule has 0 atom stereocenters. The second-order valence-electron chi connectivity index (χ2n) is 8.32. The van der Waals surface area contributed by atoms with Crippen molar-refractivity contribution in [3.63, 3.8) is 0 Å². The van der Waals surface area contributed by atoms with Crippen LogP contribution in [-0.2, 0) is 6.42 Å². The van der Waals surface area contributed by atoms with Gasteiger partial charge in [-0.2, -0.15) is 0 Å². The number of aromatic amines is 1. The van der Waals surface area contributed by atoms with Crippen molar-refractivity contribution in [1.29, 1.82) is 0 Å². The molecule has 152 valence electrons. The molecule has 0 unspecified atom stereocenters. The van der Waals surface area contributed by atoms with Crippen molar-refractivity contribution in [1.82, 2.24) is 20.1 Å². The fraction of sp³-hybridized carbons (Fsp3) is 0.667. The van der Waals surface area contributed by atoms with Gasteiger partial charge in [-0.1, -0.05) is 19.3 Å². The third-order valence-electron chi connectivity index (χ3n) is 6.44. The second kappa shape index (κ2) is 7.97. The largest absolute Gasteiger partial charge is 0.354 e. The zero-order chi connectivity index (χ0) is 19.7. The third kappa shape index (κ3) is 3.66. The molecule has 1 saturated carbocycles. The van der Waals surface area contributed by atoms with Crippen LogP contribution in [0.15, 0.2) is 0 Å². The Bertz CT molecular complexity index is 771. The molecule has 2 aliphatic carbocycles. The van der Waals surface area contributed by atoms with E-state index in [2.05, 4.69) is 10.3 Å². The summed E-state index contributed by atoms with van der Waals surface area (Å²) < 4.78 is 0. The van der Waals surface area contributed by atoms with Gasteiger partial charge in [0.15, 0.2) is 5.78 Å². The smallest absolute Gasteiger partial charge is 0.317 e. The van der Waals surface area contributed by atoms with Gasteiger partial charge in [0.05, 0.1) is 0 Å². The number of fused-ring (bicyclic) bond motifs is 1. The van der Waals surface area contributed by atoms with Crippen LogP contribution in [0, 0.1) is 6.92 Å². The monoisotopic (exact) mass is 386 g/mol. The Morgan fingerprint density at radius 3 is 2.32 bits per heavy atom. The van der Waals surface area contributed by atoms with Gasteiger partial charge >= 0.3 is 6.03 Å². The lowest BCUT2D eigenvalue weighted by Crippen LogP contribution is -2.54. The molecule has 0 spiro atoms. The number of rotatable bonds is 2. The van der Waals surface area contributed by atoms with Crippen LogP contribution in [0.3, 0.4) is 0 Å². The highest BCUT2D eigenvalue weighted by atomic mass is 16.2. The molecule has 0 bridgehead atoms. The van der Waals surface area contributed by atoms with E-state index in [4.69, 9.17) is 0 Å². The highest BCUT2D eigenvalue weighted by Crippen LogP contribution is 2.27. The van der Waals surface area contributed by atoms with Crippen molar-refractivity contribution in [2.75, 3.05) is 26.2 Å². The first kappa shape index (κ1) is 19.0. The van der Waals surface area contributed by atoms with Crippen molar-refractivity contribution in [3.05, 3.63) is 22.5 Å². The van der Waals surface area contributed by atoms with Gasteiger partial charge in [-0.3, -0.25) is 9.59 Å². The quantitative estimate of drug-likeness (QED) is 0.819. The molecule has 1 aromatic rings. The van der Waals surface area contributed by atoms with Gasteiger partial charge < -0.3 is 20.1 Å². The van der Waals surface area contributed by atoms with Crippen LogP contribution < -0.4 is 5.32 Å². The minimum absolute atomic E-state index is 0.00360. The number of nitrogens with one attached hydrogen (secondary N) is 2. The summed E-state index contributed by atoms with van der Waals surface area (Å²) in [5, 5.41) is 3.15. The van der Waals surface area contributed by atoms with Gasteiger partial charge in [0.25, 0.3) is 5.91 Å². The Morgan fingerprint density at radius 2 is 1.64 bits per heavy atom. The molecule has 3 amide bonds. The number of H-pyrrole nitrogens is 1. The van der Waals surface area contributed by atoms with E-state index in [0.29, 0.717) is 44.3 Å². The van der Waals surface area contributed by atoms with Crippen molar-refractivity contribution < 1.29 is 14.4 Å². The molecular weight excluding hydrogens is 356 g/mol. The average Bonchev–Trinajstić information content (AvgIpc) is 3.06. The number of hydrogen-bond donors (Lipinski definition) is 2. The van der Waals surface area contributed by atoms with Crippen molar-refractivity contribution in [2.24, 2.45) is 0 Å². The van der Waals surface area contributed by atoms with E-state index in [-0.39, 0.29) is 17.7 Å². The van der Waals surface area contributed by atoms with Crippen molar-refractivity contribution in [3.8, 4) is 0 Å². The third-order valence-corrected chi connectivity index (χ3v) is 6.44. The number of carbonyl (C=O) groups is 3. The maximum Gasteiger partial charge on any atom is 0.317 e. The van der Waals surface area contributed by atoms with E-state index in [1.165, 1.54) is 19.3 Å². The summed E-state index contributed by atoms with van der Waals surface area (Å²) >= 11 is 0. The number of aromatic nitrogens is 1. The molecule has 2 fully saturated rings. The number of urea groups is 1. The first-order valence-electron chi connectivity index (χ1n) is 10.6. The van der Waals surface area contributed by atoms with E-state index >= 15 is 0 Å². The summed E-state index contributed by atoms with van der Waals surface area (Å²) in [6.45, 7) is 3.99. The lowest BCUT2D eigenvalue weighted by atomic mass is 9.93. The Kier molecular flexibility index (Phi) is 5.42. The predicted molar refractivity (Wildman–Crippen MR) is 106 cm³/mol. The van der Waals surface area contributed by atoms with Crippen LogP contribution in [0.4, 0.5) is 4.79 Å². The molecule has 28 heavy (non-hydrogen) atoms. The fourth-order valence-electron chi connectivity index (χ4n) is 4.77. The van der Waals surface area contributed by atoms with E-state index in [0.717, 1.165) is 42.5 Å². The topological polar surface area (TPSA) is 85.5 Å². The van der Waals surface area contributed by atoms with E-state index in [1.807, 2.05) is 11.8 Å². The summed E-state index contributed by atoms with van der Waals surface area (Å²) in [4.78, 5) is 44.5. The number of Topliss-reactive ketones (excluding diaryl/α,β-unsaturated/α-hetero) is 1. The second-order valence-corrected chi connectivity index (χ2v) is 8.32. The Hall–Kier alpha value is -2.31. The molecule has 4 rings (SSSR count). The predicted octanol–water partition coefficient (Wildman–Crippen LogP) is 2.64. The van der Waals surface area contributed by atoms with Crippen molar-refractivity contribution in [2.45, 2.75) is 64.3 Å². The first-order chi connectivity index (χ1) is 13.5. The summed E-state index contributed by atoms with van der Waals surface area (Å²) in [7, 11) is 0. The highest BCUT2D eigenvalue weighted by molar-refractivity contribution is 6.04. The van der Waals surface area contributed by atoms with Gasteiger partial charge in [0.1, 0.15) is 5.69 Å². The lowest BCUT2D eigenvalue weighted by molar-refractivity contribution is 0.0656. The molecular formula is C21H30N4O3. The SMILES string of the molecule is Cc1c(C(=O)N2CCN(C(=O)NC3CCCCC3)CC2)[nH]c2c1C(=O)CCC2. The van der Waals surface area contributed by atoms with Crippen LogP contribution in [0.2, 0.25) is 0 Å². The van der Waals surface area contributed by atoms with Gasteiger partial charge in [0.2, 0.25) is 0 Å². The van der Waals surface area contributed by atoms with Gasteiger partial charge in [0, 0.05) is 49.9 Å². The Balaban J connectivity index is 1.35. The summed E-state index contributed by atoms with van der Waals surface area (Å²) in [6, 6.07) is 0.294. The van der Waals surface area contributed by atoms with E-state index in [1.54, 1.807) is 4.90 Å². The number of amides is 3. The minimum atomic E-state index is -0.0629. The Morgan fingerprint density at radius 1 is 0.964 bits per heavy atom. The number of nitrogens with zero attached hydrogens (tertiary/aromatic N) is 2. The molecule has 2 N–H and O–H groups in total. The van der Waals surface area contributed by atoms with Gasteiger partial charge in [-0.25, -0.2) is 4.79 Å². The van der Waals surface area contributed by atoms with Gasteiger partial charge in [-0.15, -0.1) is 0 Å². The minimum Gasteiger partial charge on any atom is -0.354 e.